The van der Waals surface area contributed by atoms with Gasteiger partial charge in [-0.1, -0.05) is 0 Å². The highest BCUT2D eigenvalue weighted by Gasteiger charge is 2.25. The summed E-state index contributed by atoms with van der Waals surface area (Å²) in [5.74, 6) is 0.736. The second-order valence-corrected chi connectivity index (χ2v) is 8.45. The fraction of sp³-hybridized carbons (Fsp3) is 0.533. The monoisotopic (exact) mass is 383 g/mol. The Labute approximate surface area is 152 Å². The number of hydrogen-bond acceptors (Lipinski definition) is 6. The van der Waals surface area contributed by atoms with Crippen molar-refractivity contribution in [3.8, 4) is 5.75 Å². The number of sulfonamides is 1. The van der Waals surface area contributed by atoms with Crippen LogP contribution in [0, 0.1) is 6.92 Å². The molecule has 3 heterocycles. The van der Waals surface area contributed by atoms with Crippen molar-refractivity contribution in [2.24, 2.45) is 5.10 Å². The lowest BCUT2D eigenvalue weighted by Crippen LogP contribution is -2.52. The van der Waals surface area contributed by atoms with E-state index < -0.39 is 10.0 Å². The van der Waals surface area contributed by atoms with Gasteiger partial charge in [0.15, 0.2) is 5.11 Å². The SMILES string of the molecule is Cc1cnc2c(c1)OCC/C2=N/NC(=S)N1CCN(S(C)(=O)=O)CC1. The maximum absolute atomic E-state index is 11.6. The van der Waals surface area contributed by atoms with Crippen molar-refractivity contribution >= 4 is 33.1 Å². The highest BCUT2D eigenvalue weighted by molar-refractivity contribution is 7.88. The van der Waals surface area contributed by atoms with E-state index in [9.17, 15) is 8.42 Å². The summed E-state index contributed by atoms with van der Waals surface area (Å²) in [5, 5.41) is 4.89. The topological polar surface area (TPSA) is 87.1 Å². The van der Waals surface area contributed by atoms with Gasteiger partial charge in [0.05, 0.1) is 18.6 Å². The summed E-state index contributed by atoms with van der Waals surface area (Å²) in [4.78, 5) is 6.32. The van der Waals surface area contributed by atoms with E-state index in [2.05, 4.69) is 15.5 Å². The van der Waals surface area contributed by atoms with E-state index in [1.165, 1.54) is 10.6 Å². The number of piperazine rings is 1. The first kappa shape index (κ1) is 18.0. The van der Waals surface area contributed by atoms with Crippen LogP contribution in [-0.4, -0.2) is 72.5 Å². The van der Waals surface area contributed by atoms with Crippen LogP contribution in [0.5, 0.6) is 5.75 Å². The molecular weight excluding hydrogens is 362 g/mol. The number of thiocarbonyl (C=S) groups is 1. The zero-order chi connectivity index (χ0) is 18.0. The number of pyridine rings is 1. The first-order valence-electron chi connectivity index (χ1n) is 8.01. The Morgan fingerprint density at radius 3 is 2.76 bits per heavy atom. The highest BCUT2D eigenvalue weighted by atomic mass is 32.2. The molecule has 0 spiro atoms. The molecule has 1 N–H and O–H groups in total. The summed E-state index contributed by atoms with van der Waals surface area (Å²) in [6.45, 7) is 4.45. The van der Waals surface area contributed by atoms with Gasteiger partial charge in [0.1, 0.15) is 11.4 Å². The van der Waals surface area contributed by atoms with Crippen LogP contribution in [0.4, 0.5) is 0 Å². The summed E-state index contributed by atoms with van der Waals surface area (Å²) in [7, 11) is -3.15. The molecule has 2 aliphatic rings. The lowest BCUT2D eigenvalue weighted by molar-refractivity contribution is 0.265. The normalized spacial score (nSPS) is 20.1. The molecule has 1 aromatic rings. The first-order chi connectivity index (χ1) is 11.8. The smallest absolute Gasteiger partial charge is 0.211 e. The Hall–Kier alpha value is -1.78. The lowest BCUT2D eigenvalue weighted by atomic mass is 10.1. The van der Waals surface area contributed by atoms with Crippen molar-refractivity contribution in [3.05, 3.63) is 23.5 Å². The molecule has 25 heavy (non-hydrogen) atoms. The van der Waals surface area contributed by atoms with Gasteiger partial charge in [0.25, 0.3) is 0 Å². The van der Waals surface area contributed by atoms with Crippen LogP contribution >= 0.6 is 12.2 Å². The molecule has 8 nitrogen and oxygen atoms in total. The number of ether oxygens (including phenoxy) is 1. The van der Waals surface area contributed by atoms with Gasteiger partial charge in [-0.25, -0.2) is 8.42 Å². The van der Waals surface area contributed by atoms with Gasteiger partial charge in [0, 0.05) is 38.8 Å². The first-order valence-corrected chi connectivity index (χ1v) is 10.3. The van der Waals surface area contributed by atoms with E-state index in [1.54, 1.807) is 6.20 Å². The second kappa shape index (κ2) is 7.22. The van der Waals surface area contributed by atoms with Crippen molar-refractivity contribution in [1.82, 2.24) is 19.6 Å². The molecule has 0 aliphatic carbocycles. The molecule has 0 bridgehead atoms. The molecular formula is C15H21N5O3S2. The number of aromatic nitrogens is 1. The zero-order valence-corrected chi connectivity index (χ0v) is 15.9. The summed E-state index contributed by atoms with van der Waals surface area (Å²) in [6, 6.07) is 1.94. The van der Waals surface area contributed by atoms with Crippen LogP contribution in [0.2, 0.25) is 0 Å². The number of hydrogen-bond donors (Lipinski definition) is 1. The molecule has 2 aliphatic heterocycles. The van der Waals surface area contributed by atoms with E-state index in [0.717, 1.165) is 22.7 Å². The molecule has 1 aromatic heterocycles. The molecule has 0 atom stereocenters. The van der Waals surface area contributed by atoms with Crippen LogP contribution in [0.15, 0.2) is 17.4 Å². The van der Waals surface area contributed by atoms with Gasteiger partial charge in [-0.05, 0) is 30.8 Å². The minimum absolute atomic E-state index is 0.425. The highest BCUT2D eigenvalue weighted by Crippen LogP contribution is 2.23. The summed E-state index contributed by atoms with van der Waals surface area (Å²) < 4.78 is 30.2. The molecule has 3 rings (SSSR count). The van der Waals surface area contributed by atoms with Crippen LogP contribution in [-0.2, 0) is 10.0 Å². The summed E-state index contributed by atoms with van der Waals surface area (Å²) >= 11 is 5.38. The number of nitrogens with one attached hydrogen (secondary N) is 1. The van der Waals surface area contributed by atoms with E-state index in [-0.39, 0.29) is 0 Å². The number of hydrazone groups is 1. The van der Waals surface area contributed by atoms with Crippen LogP contribution < -0.4 is 10.2 Å². The number of aryl methyl sites for hydroxylation is 1. The van der Waals surface area contributed by atoms with Crippen molar-refractivity contribution in [2.45, 2.75) is 13.3 Å². The van der Waals surface area contributed by atoms with Gasteiger partial charge >= 0.3 is 0 Å². The minimum Gasteiger partial charge on any atom is -0.491 e. The van der Waals surface area contributed by atoms with Crippen molar-refractivity contribution in [1.29, 1.82) is 0 Å². The Kier molecular flexibility index (Phi) is 5.21. The standard InChI is InChI=1S/C15H21N5O3S2/c1-11-9-13-14(16-10-11)12(3-8-23-13)17-18-15(24)19-4-6-20(7-5-19)25(2,21)22/h9-10H,3-8H2,1-2H3,(H,18,24)/b17-12-. The minimum atomic E-state index is -3.15. The second-order valence-electron chi connectivity index (χ2n) is 6.08. The van der Waals surface area contributed by atoms with E-state index in [1.807, 2.05) is 17.9 Å². The third-order valence-corrected chi connectivity index (χ3v) is 5.79. The fourth-order valence-corrected chi connectivity index (χ4v) is 3.82. The van der Waals surface area contributed by atoms with Crippen LogP contribution in [0.25, 0.3) is 0 Å². The average Bonchev–Trinajstić information content (AvgIpc) is 2.58. The molecule has 1 fully saturated rings. The molecule has 0 amide bonds. The van der Waals surface area contributed by atoms with Crippen molar-refractivity contribution < 1.29 is 13.2 Å². The van der Waals surface area contributed by atoms with Crippen LogP contribution in [0.3, 0.4) is 0 Å². The lowest BCUT2D eigenvalue weighted by Gasteiger charge is -2.34. The Morgan fingerprint density at radius 1 is 1.36 bits per heavy atom. The maximum Gasteiger partial charge on any atom is 0.211 e. The predicted octanol–water partition coefficient (Wildman–Crippen LogP) is 0.328. The van der Waals surface area contributed by atoms with E-state index in [4.69, 9.17) is 17.0 Å². The number of fused-ring (bicyclic) bond motifs is 1. The van der Waals surface area contributed by atoms with E-state index in [0.29, 0.717) is 44.3 Å². The summed E-state index contributed by atoms with van der Waals surface area (Å²) in [6.07, 6.45) is 3.66. The number of nitrogens with zero attached hydrogens (tertiary/aromatic N) is 4. The third kappa shape index (κ3) is 4.25. The van der Waals surface area contributed by atoms with Gasteiger partial charge in [-0.3, -0.25) is 10.4 Å². The zero-order valence-electron chi connectivity index (χ0n) is 14.2. The molecule has 0 radical (unpaired) electrons. The Bertz CT molecular complexity index is 801. The van der Waals surface area contributed by atoms with Gasteiger partial charge in [-0.15, -0.1) is 0 Å². The van der Waals surface area contributed by atoms with Crippen LogP contribution in [0.1, 0.15) is 17.7 Å². The Balaban J connectivity index is 1.63. The molecule has 10 heteroatoms. The quantitative estimate of drug-likeness (QED) is 0.582. The average molecular weight is 383 g/mol. The molecule has 0 saturated carbocycles. The van der Waals surface area contributed by atoms with Crippen molar-refractivity contribution in [3.63, 3.8) is 0 Å². The largest absolute Gasteiger partial charge is 0.491 e. The van der Waals surface area contributed by atoms with Gasteiger partial charge in [0.2, 0.25) is 10.0 Å². The van der Waals surface area contributed by atoms with Gasteiger partial charge in [-0.2, -0.15) is 9.41 Å². The van der Waals surface area contributed by atoms with Gasteiger partial charge < -0.3 is 9.64 Å². The molecule has 0 aromatic carbocycles. The third-order valence-electron chi connectivity index (χ3n) is 4.14. The predicted molar refractivity (Wildman–Crippen MR) is 99.3 cm³/mol. The molecule has 136 valence electrons. The van der Waals surface area contributed by atoms with E-state index >= 15 is 0 Å². The number of rotatable bonds is 2. The Morgan fingerprint density at radius 2 is 2.08 bits per heavy atom. The molecule has 0 unspecified atom stereocenters. The van der Waals surface area contributed by atoms with Crippen molar-refractivity contribution in [2.75, 3.05) is 39.0 Å². The summed E-state index contributed by atoms with van der Waals surface area (Å²) in [5.41, 5.74) is 5.48. The maximum atomic E-state index is 11.6. The molecule has 1 saturated heterocycles. The fourth-order valence-electron chi connectivity index (χ4n) is 2.76.